The Morgan fingerprint density at radius 3 is 2.49 bits per heavy atom. The number of aliphatic hydroxyl groups is 1. The molecule has 1 saturated heterocycles. The predicted molar refractivity (Wildman–Crippen MR) is 305 cm³/mol. The first-order valence-electron chi connectivity index (χ1n) is 27.5. The van der Waals surface area contributed by atoms with Gasteiger partial charge in [-0.15, -0.1) is 0 Å². The maximum Gasteiger partial charge on any atom is 0.490 e. The van der Waals surface area contributed by atoms with Crippen molar-refractivity contribution in [1.82, 2.24) is 29.3 Å². The summed E-state index contributed by atoms with van der Waals surface area (Å²) in [5.41, 5.74) is 16.8. The summed E-state index contributed by atoms with van der Waals surface area (Å²) in [6.45, 7) is 16.3. The van der Waals surface area contributed by atoms with Gasteiger partial charge in [0.1, 0.15) is 25.4 Å². The van der Waals surface area contributed by atoms with Crippen molar-refractivity contribution in [2.45, 2.75) is 128 Å². The molecule has 1 aliphatic carbocycles. The second kappa shape index (κ2) is 22.3. The lowest BCUT2D eigenvalue weighted by atomic mass is 9.64. The average Bonchev–Trinajstić information content (AvgIpc) is 1.29. The van der Waals surface area contributed by atoms with Crippen LogP contribution in [0.1, 0.15) is 147 Å². The number of amides is 2. The number of aromatic nitrogens is 3. The van der Waals surface area contributed by atoms with Crippen LogP contribution in [0.15, 0.2) is 53.5 Å². The molecule has 6 heterocycles. The molecule has 0 radical (unpaired) electrons. The first kappa shape index (κ1) is 59.3. The number of H-pyrrole nitrogens is 1. The Kier molecular flexibility index (Phi) is 16.1. The smallest absolute Gasteiger partial charge is 0.390 e. The minimum atomic E-state index is -5.79. The maximum atomic E-state index is 14.9. The number of nitrogens with two attached hydrogens (primary N) is 1. The zero-order valence-corrected chi connectivity index (χ0v) is 49.5. The highest BCUT2D eigenvalue weighted by Crippen LogP contribution is 2.66. The molecule has 6 atom stereocenters. The Balaban J connectivity index is 0.845. The van der Waals surface area contributed by atoms with E-state index < -0.39 is 54.1 Å². The molecule has 5 aromatic rings. The van der Waals surface area contributed by atoms with Crippen LogP contribution in [0.4, 0.5) is 11.6 Å². The summed E-state index contributed by atoms with van der Waals surface area (Å²) in [6, 6.07) is 15.3. The lowest BCUT2D eigenvalue weighted by molar-refractivity contribution is -0.121. The number of aliphatic hydroxyl groups excluding tert-OH is 1. The third-order valence-corrected chi connectivity index (χ3v) is 20.3. The van der Waals surface area contributed by atoms with Crippen LogP contribution in [0.2, 0.25) is 0 Å². The summed E-state index contributed by atoms with van der Waals surface area (Å²) in [5.74, 6) is 5.31. The molecular weight excluding hydrogens is 1120 g/mol. The van der Waals surface area contributed by atoms with Crippen LogP contribution in [0.3, 0.4) is 0 Å². The van der Waals surface area contributed by atoms with Gasteiger partial charge in [0.25, 0.3) is 11.5 Å². The molecule has 26 heteroatoms. The van der Waals surface area contributed by atoms with Crippen LogP contribution in [-0.4, -0.2) is 120 Å². The van der Waals surface area contributed by atoms with Gasteiger partial charge in [-0.05, 0) is 115 Å². The number of aromatic amines is 1. The molecule has 0 bridgehead atoms. The molecule has 9 N–H and O–H groups in total. The van der Waals surface area contributed by atoms with Crippen molar-refractivity contribution in [1.29, 1.82) is 0 Å². The van der Waals surface area contributed by atoms with E-state index in [4.69, 9.17) is 20.3 Å². The molecule has 2 amide bonds. The summed E-state index contributed by atoms with van der Waals surface area (Å²) < 4.78 is 57.0. The van der Waals surface area contributed by atoms with Crippen LogP contribution >= 0.6 is 23.5 Å². The van der Waals surface area contributed by atoms with E-state index in [-0.39, 0.29) is 64.7 Å². The van der Waals surface area contributed by atoms with E-state index in [0.29, 0.717) is 24.4 Å². The fourth-order valence-corrected chi connectivity index (χ4v) is 16.3. The Hall–Kier alpha value is -5.82. The molecular formula is C56H70N8O15P3+. The average molecular weight is 1190 g/mol. The van der Waals surface area contributed by atoms with Crippen molar-refractivity contribution < 1.29 is 65.8 Å². The van der Waals surface area contributed by atoms with E-state index in [2.05, 4.69) is 116 Å². The molecule has 0 spiro atoms. The van der Waals surface area contributed by atoms with Gasteiger partial charge in [-0.1, -0.05) is 50.8 Å². The first-order valence-corrected chi connectivity index (χ1v) is 32.0. The standard InChI is InChI=1S/C56H69N8O15P3/c1-8-64-42-27-41-39(26-38(42)32(2)29-55(64,3)4)48(40-25-33-16-12-23-62-24-13-19-37(50(33)62)49(40)56(41,5)6)35-17-9-10-18-36(35)53(68)61(7)22-14-20-45(66)58-21-11-15-34-30-63(51-47(34)52(67)60-54(57)59-51)46-28-43(65)44(77-46)31-76-81(72,73)79-82(74,75)78-80(69,70)71/h9-10,17-18,25-27,30,32,43-44,46,65H,8,12-14,16,19-24,28-29,31H2,1-7H3,(H7-,57,58,59,60,66,67,69,70,71,72,73,74,75)/p+1/t32?,43-,44+,46+/m0/s1. The molecule has 4 aliphatic heterocycles. The van der Waals surface area contributed by atoms with Crippen molar-refractivity contribution in [2.24, 2.45) is 0 Å². The number of hydrogen-bond acceptors (Lipinski definition) is 14. The van der Waals surface area contributed by atoms with Crippen LogP contribution in [0, 0.1) is 11.8 Å². The molecule has 1 fully saturated rings. The highest BCUT2D eigenvalue weighted by molar-refractivity contribution is 7.66. The molecule has 438 valence electrons. The SMILES string of the molecule is CCN1c2cc3c(cc2C(C)CC1(C)C)C(c1ccccc1C(=O)N(C)CCCC(=O)NCC#Cc1cn([C@H]2C[C@H](O)[C@@H](COP(=O)(O)OP(=O)(O)OP(=O)(O)O)O2)c2nc(N)[nH]c(=O)c12)=c1cc2c4c(c1C3(C)C)CCC[N+]=4CCC2. The normalized spacial score (nSPS) is 22.0. The van der Waals surface area contributed by atoms with Crippen molar-refractivity contribution in [3.63, 3.8) is 0 Å². The van der Waals surface area contributed by atoms with E-state index >= 15 is 0 Å². The highest BCUT2D eigenvalue weighted by Gasteiger charge is 2.45. The highest BCUT2D eigenvalue weighted by atomic mass is 31.3. The van der Waals surface area contributed by atoms with Gasteiger partial charge in [0.05, 0.1) is 30.2 Å². The van der Waals surface area contributed by atoms with Crippen LogP contribution in [0.25, 0.3) is 16.6 Å². The number of phosphoric ester groups is 1. The number of anilines is 2. The fourth-order valence-electron chi connectivity index (χ4n) is 13.2. The minimum Gasteiger partial charge on any atom is -0.390 e. The second-order valence-electron chi connectivity index (χ2n) is 23.0. The molecule has 82 heavy (non-hydrogen) atoms. The molecule has 23 nitrogen and oxygen atoms in total. The quantitative estimate of drug-likeness (QED) is 0.0377. The molecule has 5 aliphatic rings. The second-order valence-corrected chi connectivity index (χ2v) is 27.4. The molecule has 3 unspecified atom stereocenters. The lowest BCUT2D eigenvalue weighted by Gasteiger charge is -2.48. The van der Waals surface area contributed by atoms with Crippen molar-refractivity contribution in [2.75, 3.05) is 57.0 Å². The summed E-state index contributed by atoms with van der Waals surface area (Å²) in [6.07, 6.45) is 3.01. The Morgan fingerprint density at radius 2 is 1.76 bits per heavy atom. The third kappa shape index (κ3) is 11.6. The number of hydrogen-bond donors (Lipinski definition) is 8. The molecule has 3 aromatic carbocycles. The number of rotatable bonds is 16. The first-order chi connectivity index (χ1) is 38.6. The van der Waals surface area contributed by atoms with Gasteiger partial charge in [-0.25, -0.2) is 18.3 Å². The number of fused-ring (bicyclic) bond motifs is 5. The number of benzene rings is 3. The molecule has 10 rings (SSSR count). The number of phosphoric acid groups is 3. The van der Waals surface area contributed by atoms with Gasteiger partial charge in [-0.2, -0.15) is 13.6 Å². The summed E-state index contributed by atoms with van der Waals surface area (Å²) >= 11 is 0. The van der Waals surface area contributed by atoms with Crippen molar-refractivity contribution in [3.8, 4) is 11.8 Å². The van der Waals surface area contributed by atoms with Crippen molar-refractivity contribution >= 4 is 63.5 Å². The van der Waals surface area contributed by atoms with Crippen molar-refractivity contribution in [3.05, 3.63) is 120 Å². The Labute approximate surface area is 473 Å². The summed E-state index contributed by atoms with van der Waals surface area (Å²) in [7, 11) is -15.2. The van der Waals surface area contributed by atoms with E-state index in [9.17, 15) is 43.0 Å². The van der Waals surface area contributed by atoms with Gasteiger partial charge in [0.15, 0.2) is 5.65 Å². The fraction of sp³-hybridized carbons (Fsp3) is 0.482. The zero-order chi connectivity index (χ0) is 59.0. The minimum absolute atomic E-state index is 0.00195. The molecule has 2 aromatic heterocycles. The number of carbonyl (C=O) groups is 2. The number of ether oxygens (including phenoxy) is 1. The Bertz CT molecular complexity index is 3860. The summed E-state index contributed by atoms with van der Waals surface area (Å²) in [5, 5.41) is 16.2. The number of nitrogens with one attached hydrogen (secondary N) is 2. The van der Waals surface area contributed by atoms with Crippen LogP contribution in [0.5, 0.6) is 0 Å². The number of nitrogens with zero attached hydrogens (tertiary/aromatic N) is 5. The molecule has 0 saturated carbocycles. The number of aryl methyl sites for hydroxylation is 1. The van der Waals surface area contributed by atoms with E-state index in [0.717, 1.165) is 62.9 Å². The lowest BCUT2D eigenvalue weighted by Crippen LogP contribution is -2.50. The maximum absolute atomic E-state index is 14.9. The van der Waals surface area contributed by atoms with Crippen LogP contribution in [-0.2, 0) is 54.6 Å². The predicted octanol–water partition coefficient (Wildman–Crippen LogP) is 4.70. The van der Waals surface area contributed by atoms with Gasteiger partial charge >= 0.3 is 23.5 Å². The number of carbonyl (C=O) groups excluding carboxylic acids is 2. The van der Waals surface area contributed by atoms with E-state index in [1.165, 1.54) is 60.4 Å². The van der Waals surface area contributed by atoms with E-state index in [1.54, 1.807) is 11.9 Å². The third-order valence-electron chi connectivity index (χ3n) is 16.5. The largest absolute Gasteiger partial charge is 0.490 e. The summed E-state index contributed by atoms with van der Waals surface area (Å²) in [4.78, 5) is 89.2. The number of nitrogen functional groups attached to an aromatic ring is 1. The van der Waals surface area contributed by atoms with Gasteiger partial charge < -0.3 is 54.8 Å². The van der Waals surface area contributed by atoms with Gasteiger partial charge in [-0.3, -0.25) is 23.9 Å². The van der Waals surface area contributed by atoms with E-state index in [1.807, 2.05) is 18.2 Å². The van der Waals surface area contributed by atoms with Crippen LogP contribution < -0.4 is 36.7 Å². The topological polar surface area (TPSA) is 322 Å². The monoisotopic (exact) mass is 1190 g/mol. The Morgan fingerprint density at radius 1 is 1.02 bits per heavy atom. The van der Waals surface area contributed by atoms with Gasteiger partial charge in [0.2, 0.25) is 17.2 Å². The zero-order valence-electron chi connectivity index (χ0n) is 46.8. The van der Waals surface area contributed by atoms with Gasteiger partial charge in [0, 0.05) is 85.3 Å².